The number of unbranched alkanes of at least 4 members (excludes halogenated alkanes) is 5. The topological polar surface area (TPSA) is 57.2 Å². The third-order valence-electron chi connectivity index (χ3n) is 2.90. The van der Waals surface area contributed by atoms with E-state index in [0.717, 1.165) is 25.7 Å². The van der Waals surface area contributed by atoms with Gasteiger partial charge in [-0.05, 0) is 12.8 Å². The second kappa shape index (κ2) is 12.0. The Morgan fingerprint density at radius 3 is 1.88 bits per heavy atom. The van der Waals surface area contributed by atoms with Crippen LogP contribution in [0, 0.1) is 0 Å². The van der Waals surface area contributed by atoms with Gasteiger partial charge < -0.3 is 4.55 Å². The predicted molar refractivity (Wildman–Crippen MR) is 66.4 cm³/mol. The Morgan fingerprint density at radius 1 is 0.882 bits per heavy atom. The van der Waals surface area contributed by atoms with E-state index in [2.05, 4.69) is 6.92 Å². The van der Waals surface area contributed by atoms with Crippen LogP contribution in [0.2, 0.25) is 0 Å². The molecule has 0 aliphatic carbocycles. The van der Waals surface area contributed by atoms with Crippen LogP contribution in [0.1, 0.15) is 71.6 Å². The molecule has 5 heteroatoms. The third-order valence-corrected chi connectivity index (χ3v) is 4.19. The summed E-state index contributed by atoms with van der Waals surface area (Å²) >= 11 is 0. The molecule has 1 unspecified atom stereocenters. The summed E-state index contributed by atoms with van der Waals surface area (Å²) in [7, 11) is -4.07. The van der Waals surface area contributed by atoms with Crippen molar-refractivity contribution in [3.63, 3.8) is 0 Å². The van der Waals surface area contributed by atoms with Crippen molar-refractivity contribution < 1.29 is 42.5 Å². The van der Waals surface area contributed by atoms with Gasteiger partial charge in [-0.1, -0.05) is 58.8 Å². The zero-order chi connectivity index (χ0) is 12.4. The second-order valence-corrected chi connectivity index (χ2v) is 6.11. The van der Waals surface area contributed by atoms with E-state index in [1.54, 1.807) is 0 Å². The van der Waals surface area contributed by atoms with Crippen molar-refractivity contribution in [3.8, 4) is 0 Å². The molecule has 0 heterocycles. The maximum absolute atomic E-state index is 10.9. The van der Waals surface area contributed by atoms with Crippen LogP contribution in [0.4, 0.5) is 0 Å². The summed E-state index contributed by atoms with van der Waals surface area (Å²) < 4.78 is 32.8. The van der Waals surface area contributed by atoms with Crippen LogP contribution < -0.4 is 29.6 Å². The van der Waals surface area contributed by atoms with Crippen molar-refractivity contribution in [2.24, 2.45) is 0 Å². The molecule has 0 saturated carbocycles. The summed E-state index contributed by atoms with van der Waals surface area (Å²) in [6.45, 7) is 4.08. The third kappa shape index (κ3) is 11.7. The van der Waals surface area contributed by atoms with Gasteiger partial charge in [0.25, 0.3) is 0 Å². The first-order valence-corrected chi connectivity index (χ1v) is 7.94. The molecule has 0 N–H and O–H groups in total. The fourth-order valence-electron chi connectivity index (χ4n) is 1.91. The number of hydrogen-bond donors (Lipinski definition) is 0. The zero-order valence-corrected chi connectivity index (χ0v) is 14.4. The van der Waals surface area contributed by atoms with Crippen LogP contribution in [0.5, 0.6) is 0 Å². The summed E-state index contributed by atoms with van der Waals surface area (Å²) in [5.74, 6) is 0. The van der Waals surface area contributed by atoms with Gasteiger partial charge in [-0.25, -0.2) is 8.42 Å². The van der Waals surface area contributed by atoms with E-state index in [1.807, 2.05) is 6.92 Å². The largest absolute Gasteiger partial charge is 1.00 e. The summed E-state index contributed by atoms with van der Waals surface area (Å²) in [6.07, 6.45) is 8.59. The van der Waals surface area contributed by atoms with E-state index in [0.29, 0.717) is 12.8 Å². The van der Waals surface area contributed by atoms with Crippen LogP contribution in [0.25, 0.3) is 0 Å². The SMILES string of the molecule is CCCCCCCCC(CCC)S(=O)(=O)[O-].[Na+]. The average Bonchev–Trinajstić information content (AvgIpc) is 2.20. The Kier molecular flexibility index (Phi) is 14.2. The summed E-state index contributed by atoms with van der Waals surface area (Å²) in [5, 5.41) is -0.649. The quantitative estimate of drug-likeness (QED) is 0.330. The Labute approximate surface area is 129 Å². The van der Waals surface area contributed by atoms with E-state index in [9.17, 15) is 13.0 Å². The molecule has 0 spiro atoms. The molecule has 0 aliphatic heterocycles. The Morgan fingerprint density at radius 2 is 1.41 bits per heavy atom. The van der Waals surface area contributed by atoms with Crippen LogP contribution in [0.15, 0.2) is 0 Å². The molecule has 0 aliphatic rings. The van der Waals surface area contributed by atoms with Gasteiger partial charge in [0.15, 0.2) is 0 Å². The molecule has 0 radical (unpaired) electrons. The molecule has 0 bridgehead atoms. The van der Waals surface area contributed by atoms with Gasteiger partial charge in [0.05, 0.1) is 10.1 Å². The Bertz CT molecular complexity index is 252. The minimum atomic E-state index is -4.07. The molecule has 0 aromatic carbocycles. The van der Waals surface area contributed by atoms with Crippen molar-refractivity contribution in [1.82, 2.24) is 0 Å². The summed E-state index contributed by atoms with van der Waals surface area (Å²) in [4.78, 5) is 0. The van der Waals surface area contributed by atoms with Crippen molar-refractivity contribution >= 4 is 10.1 Å². The first-order valence-electron chi connectivity index (χ1n) is 6.47. The Balaban J connectivity index is 0. The molecule has 0 amide bonds. The molecule has 0 saturated heterocycles. The summed E-state index contributed by atoms with van der Waals surface area (Å²) in [5.41, 5.74) is 0. The molecular formula is C12H25NaO3S. The predicted octanol–water partition coefficient (Wildman–Crippen LogP) is 0.455. The molecule has 3 nitrogen and oxygen atoms in total. The molecule has 0 aromatic rings. The fourth-order valence-corrected chi connectivity index (χ4v) is 2.89. The molecular weight excluding hydrogens is 247 g/mol. The van der Waals surface area contributed by atoms with E-state index < -0.39 is 15.4 Å². The van der Waals surface area contributed by atoms with E-state index in [1.165, 1.54) is 19.3 Å². The zero-order valence-electron chi connectivity index (χ0n) is 11.6. The molecule has 0 rings (SSSR count). The Hall–Kier alpha value is 0.910. The van der Waals surface area contributed by atoms with E-state index in [-0.39, 0.29) is 29.6 Å². The maximum Gasteiger partial charge on any atom is 1.00 e. The molecule has 0 fully saturated rings. The van der Waals surface area contributed by atoms with Gasteiger partial charge in [0.1, 0.15) is 0 Å². The van der Waals surface area contributed by atoms with Gasteiger partial charge in [0.2, 0.25) is 0 Å². The first kappa shape index (κ1) is 20.2. The maximum atomic E-state index is 10.9. The van der Waals surface area contributed by atoms with Gasteiger partial charge in [-0.3, -0.25) is 0 Å². The van der Waals surface area contributed by atoms with Gasteiger partial charge >= 0.3 is 29.6 Å². The number of hydrogen-bond acceptors (Lipinski definition) is 3. The normalized spacial score (nSPS) is 13.1. The first-order chi connectivity index (χ1) is 7.52. The van der Waals surface area contributed by atoms with Gasteiger partial charge in [0, 0.05) is 5.25 Å². The van der Waals surface area contributed by atoms with Crippen molar-refractivity contribution in [1.29, 1.82) is 0 Å². The van der Waals surface area contributed by atoms with Crippen molar-refractivity contribution in [3.05, 3.63) is 0 Å². The van der Waals surface area contributed by atoms with Crippen LogP contribution >= 0.6 is 0 Å². The standard InChI is InChI=1S/C12H26O3S.Na/c1-3-5-6-7-8-9-11-12(10-4-2)16(13,14)15;/h12H,3-11H2,1-2H3,(H,13,14,15);/q;+1/p-1. The van der Waals surface area contributed by atoms with Crippen molar-refractivity contribution in [2.75, 3.05) is 0 Å². The minimum Gasteiger partial charge on any atom is -0.748 e. The van der Waals surface area contributed by atoms with Gasteiger partial charge in [-0.15, -0.1) is 0 Å². The smallest absolute Gasteiger partial charge is 0.748 e. The van der Waals surface area contributed by atoms with Gasteiger partial charge in [-0.2, -0.15) is 0 Å². The fraction of sp³-hybridized carbons (Fsp3) is 1.00. The van der Waals surface area contributed by atoms with Crippen LogP contribution in [-0.2, 0) is 10.1 Å². The minimum absolute atomic E-state index is 0. The summed E-state index contributed by atoms with van der Waals surface area (Å²) in [6, 6.07) is 0. The number of rotatable bonds is 10. The molecule has 1 atom stereocenters. The van der Waals surface area contributed by atoms with Crippen LogP contribution in [-0.4, -0.2) is 18.2 Å². The molecule has 17 heavy (non-hydrogen) atoms. The molecule has 0 aromatic heterocycles. The van der Waals surface area contributed by atoms with Crippen molar-refractivity contribution in [2.45, 2.75) is 76.9 Å². The van der Waals surface area contributed by atoms with E-state index in [4.69, 9.17) is 0 Å². The second-order valence-electron chi connectivity index (χ2n) is 4.46. The average molecular weight is 272 g/mol. The monoisotopic (exact) mass is 272 g/mol. The van der Waals surface area contributed by atoms with Crippen LogP contribution in [0.3, 0.4) is 0 Å². The molecule has 98 valence electrons. The van der Waals surface area contributed by atoms with E-state index >= 15 is 0 Å².